The minimum atomic E-state index is -0.871. The van der Waals surface area contributed by atoms with Crippen molar-refractivity contribution in [2.45, 2.75) is 77.4 Å². The molecule has 7 rings (SSSR count). The molecule has 35 heavy (non-hydrogen) atoms. The van der Waals surface area contributed by atoms with Gasteiger partial charge in [-0.2, -0.15) is 0 Å². The maximum Gasteiger partial charge on any atom is 0.421 e. The Kier molecular flexibility index (Phi) is 5.12. The predicted octanol–water partition coefficient (Wildman–Crippen LogP) is 7.06. The van der Waals surface area contributed by atoms with Crippen LogP contribution in [0, 0.1) is 29.6 Å². The monoisotopic (exact) mass is 468 g/mol. The smallest absolute Gasteiger partial charge is 0.286 e. The van der Waals surface area contributed by atoms with Gasteiger partial charge in [0.05, 0.1) is 23.3 Å². The van der Waals surface area contributed by atoms with Gasteiger partial charge in [0, 0.05) is 17.4 Å². The van der Waals surface area contributed by atoms with Gasteiger partial charge < -0.3 is 0 Å². The van der Waals surface area contributed by atoms with Crippen molar-refractivity contribution >= 4 is 10.8 Å². The molecule has 7 atom stereocenters. The molecule has 0 bridgehead atoms. The minimum Gasteiger partial charge on any atom is -0.286 e. The van der Waals surface area contributed by atoms with E-state index < -0.39 is 5.91 Å². The molecule has 3 heterocycles. The summed E-state index contributed by atoms with van der Waals surface area (Å²) in [5.74, 6) is 2.29. The average molecular weight is 469 g/mol. The largest absolute Gasteiger partial charge is 0.421 e. The van der Waals surface area contributed by atoms with Gasteiger partial charge >= 0.3 is 5.91 Å². The Labute approximate surface area is 209 Å². The Morgan fingerprint density at radius 2 is 1.57 bits per heavy atom. The molecule has 5 unspecified atom stereocenters. The number of hydrogen-bond acceptors (Lipinski definition) is 2. The zero-order chi connectivity index (χ0) is 23.7. The lowest BCUT2D eigenvalue weighted by atomic mass is 9.60. The molecule has 3 fully saturated rings. The van der Waals surface area contributed by atoms with Crippen molar-refractivity contribution < 1.29 is 14.0 Å². The first-order chi connectivity index (χ1) is 17.1. The third kappa shape index (κ3) is 3.20. The highest BCUT2D eigenvalue weighted by molar-refractivity contribution is 5.84. The first-order valence-corrected chi connectivity index (χ1v) is 14.0. The van der Waals surface area contributed by atoms with Crippen molar-refractivity contribution in [1.29, 1.82) is 0 Å². The summed E-state index contributed by atoms with van der Waals surface area (Å²) < 4.78 is 17.1. The molecule has 2 aromatic carbocycles. The van der Waals surface area contributed by atoms with E-state index in [1.165, 1.54) is 66.1 Å². The summed E-state index contributed by atoms with van der Waals surface area (Å²) in [5.41, 5.74) is 3.63. The lowest BCUT2D eigenvalue weighted by Crippen LogP contribution is -2.69. The Morgan fingerprint density at radius 1 is 0.886 bits per heavy atom. The molecular formula is C32H38NO2+. The normalized spacial score (nSPS) is 35.2. The fourth-order valence-corrected chi connectivity index (χ4v) is 8.09. The molecule has 3 nitrogen and oxygen atoms in total. The fourth-order valence-electron chi connectivity index (χ4n) is 8.09. The van der Waals surface area contributed by atoms with Gasteiger partial charge in [0.2, 0.25) is 5.69 Å². The first kappa shape index (κ1) is 22.0. The number of rotatable bonds is 3. The Balaban J connectivity index is 1.44. The molecule has 182 valence electrons. The van der Waals surface area contributed by atoms with E-state index in [2.05, 4.69) is 86.1 Å². The van der Waals surface area contributed by atoms with E-state index in [0.29, 0.717) is 23.7 Å². The Hall–Kier alpha value is -2.23. The molecule has 0 radical (unpaired) electrons. The van der Waals surface area contributed by atoms with Gasteiger partial charge in [0.1, 0.15) is 0 Å². The third-order valence-corrected chi connectivity index (χ3v) is 9.62. The number of aromatic nitrogens is 1. The number of hydrogen-bond donors (Lipinski definition) is 0. The van der Waals surface area contributed by atoms with Gasteiger partial charge in [-0.15, -0.1) is 4.57 Å². The third-order valence-electron chi connectivity index (χ3n) is 9.62. The second-order valence-corrected chi connectivity index (χ2v) is 12.0. The van der Waals surface area contributed by atoms with Crippen molar-refractivity contribution in [3.63, 3.8) is 0 Å². The van der Waals surface area contributed by atoms with Crippen LogP contribution in [-0.4, -0.2) is 12.2 Å². The van der Waals surface area contributed by atoms with E-state index in [1.807, 2.05) is 0 Å². The zero-order valence-electron chi connectivity index (χ0n) is 21.3. The van der Waals surface area contributed by atoms with Gasteiger partial charge in [-0.3, -0.25) is 9.47 Å². The number of pyridine rings is 1. The van der Waals surface area contributed by atoms with Crippen LogP contribution in [0.1, 0.15) is 64.9 Å². The number of nitrogens with zero attached hydrogens (tertiary/aromatic N) is 1. The Bertz CT molecular complexity index is 1270. The number of fused-ring (bicyclic) bond motifs is 6. The molecule has 2 aliphatic carbocycles. The van der Waals surface area contributed by atoms with Crippen molar-refractivity contribution in [2.24, 2.45) is 29.6 Å². The van der Waals surface area contributed by atoms with Crippen LogP contribution in [-0.2, 0) is 15.4 Å². The summed E-state index contributed by atoms with van der Waals surface area (Å²) in [6.07, 6.45) is 10.5. The SMILES string of the molecule is CC[C@H]1CCC2CC[C@@H](CC(C)C)C3OC4(OC1C23)c1ccccc1-c1cc2ccccc2c[n+]14. The molecule has 3 heteroatoms. The quantitative estimate of drug-likeness (QED) is 0.384. The molecule has 2 saturated carbocycles. The van der Waals surface area contributed by atoms with Crippen LogP contribution in [0.2, 0.25) is 0 Å². The second kappa shape index (κ2) is 8.15. The highest BCUT2D eigenvalue weighted by atomic mass is 16.7. The van der Waals surface area contributed by atoms with E-state index in [1.54, 1.807) is 0 Å². The van der Waals surface area contributed by atoms with E-state index in [0.717, 1.165) is 5.92 Å². The molecule has 1 saturated heterocycles. The van der Waals surface area contributed by atoms with E-state index >= 15 is 0 Å². The van der Waals surface area contributed by atoms with Gasteiger partial charge in [-0.05, 0) is 79.4 Å². The summed E-state index contributed by atoms with van der Waals surface area (Å²) in [6, 6.07) is 19.8. The van der Waals surface area contributed by atoms with Crippen LogP contribution in [0.5, 0.6) is 0 Å². The minimum absolute atomic E-state index is 0.252. The van der Waals surface area contributed by atoms with Crippen molar-refractivity contribution in [2.75, 3.05) is 0 Å². The molecule has 1 aromatic heterocycles. The highest BCUT2D eigenvalue weighted by Crippen LogP contribution is 2.56. The van der Waals surface area contributed by atoms with E-state index in [-0.39, 0.29) is 12.2 Å². The summed E-state index contributed by atoms with van der Waals surface area (Å²) in [7, 11) is 0. The summed E-state index contributed by atoms with van der Waals surface area (Å²) in [4.78, 5) is 0. The van der Waals surface area contributed by atoms with Crippen LogP contribution in [0.15, 0.2) is 60.8 Å². The van der Waals surface area contributed by atoms with Gasteiger partial charge in [0.15, 0.2) is 6.20 Å². The van der Waals surface area contributed by atoms with Crippen molar-refractivity contribution in [1.82, 2.24) is 0 Å². The van der Waals surface area contributed by atoms with Gasteiger partial charge in [0.25, 0.3) is 0 Å². The fraction of sp³-hybridized carbons (Fsp3) is 0.531. The maximum atomic E-state index is 7.42. The number of benzene rings is 2. The summed E-state index contributed by atoms with van der Waals surface area (Å²) in [5, 5.41) is 2.49. The first-order valence-electron chi connectivity index (χ1n) is 14.0. The molecule has 1 spiro atoms. The van der Waals surface area contributed by atoms with Gasteiger partial charge in [-0.25, -0.2) is 0 Å². The van der Waals surface area contributed by atoms with E-state index in [9.17, 15) is 0 Å². The summed E-state index contributed by atoms with van der Waals surface area (Å²) in [6.45, 7) is 7.10. The van der Waals surface area contributed by atoms with E-state index in [4.69, 9.17) is 9.47 Å². The molecule has 4 aliphatic rings. The van der Waals surface area contributed by atoms with Crippen LogP contribution in [0.4, 0.5) is 0 Å². The lowest BCUT2D eigenvalue weighted by Gasteiger charge is -2.56. The van der Waals surface area contributed by atoms with Crippen LogP contribution in [0.25, 0.3) is 22.0 Å². The molecule has 3 aromatic rings. The second-order valence-electron chi connectivity index (χ2n) is 12.0. The summed E-state index contributed by atoms with van der Waals surface area (Å²) >= 11 is 0. The lowest BCUT2D eigenvalue weighted by molar-refractivity contribution is -0.844. The van der Waals surface area contributed by atoms with Gasteiger partial charge in [-0.1, -0.05) is 57.5 Å². The van der Waals surface area contributed by atoms with Crippen LogP contribution >= 0.6 is 0 Å². The zero-order valence-corrected chi connectivity index (χ0v) is 21.3. The van der Waals surface area contributed by atoms with Crippen molar-refractivity contribution in [3.05, 3.63) is 66.4 Å². The predicted molar refractivity (Wildman–Crippen MR) is 139 cm³/mol. The molecular weight excluding hydrogens is 430 g/mol. The topological polar surface area (TPSA) is 22.3 Å². The Morgan fingerprint density at radius 3 is 2.34 bits per heavy atom. The standard InChI is InChI=1S/C32H38NO2/c1-4-21-13-14-22-15-16-24(17-20(2)3)31-29(22)30(21)34-32(35-31)27-12-8-7-11-26(27)28-18-23-9-5-6-10-25(23)19-33(28)32/h5-12,18-22,24,29-31H,4,13-17H2,1-3H3/q+1/t21-,22?,24-,29?,30?,31?,32?/m0/s1. The highest BCUT2D eigenvalue weighted by Gasteiger charge is 2.65. The van der Waals surface area contributed by atoms with Crippen LogP contribution < -0.4 is 4.57 Å². The molecule has 2 aliphatic heterocycles. The van der Waals surface area contributed by atoms with Crippen LogP contribution in [0.3, 0.4) is 0 Å². The van der Waals surface area contributed by atoms with Crippen molar-refractivity contribution in [3.8, 4) is 11.3 Å². The molecule has 0 amide bonds. The number of ether oxygens (including phenoxy) is 2. The average Bonchev–Trinajstić information content (AvgIpc) is 3.12. The molecule has 0 N–H and O–H groups in total. The maximum absolute atomic E-state index is 7.42.